The van der Waals surface area contributed by atoms with Crippen LogP contribution in [0.2, 0.25) is 0 Å². The summed E-state index contributed by atoms with van der Waals surface area (Å²) in [5.74, 6) is -1.06. The summed E-state index contributed by atoms with van der Waals surface area (Å²) >= 11 is 0. The van der Waals surface area contributed by atoms with Crippen molar-refractivity contribution in [2.75, 3.05) is 6.54 Å². The summed E-state index contributed by atoms with van der Waals surface area (Å²) in [7, 11) is 0. The average Bonchev–Trinajstić information content (AvgIpc) is 3.25. The first-order valence-corrected chi connectivity index (χ1v) is 7.15. The highest BCUT2D eigenvalue weighted by molar-refractivity contribution is 6.44. The summed E-state index contributed by atoms with van der Waals surface area (Å²) < 4.78 is 10.1. The van der Waals surface area contributed by atoms with Gasteiger partial charge in [-0.15, -0.1) is 0 Å². The molecule has 2 aromatic rings. The van der Waals surface area contributed by atoms with Crippen LogP contribution in [-0.2, 0) is 16.1 Å². The van der Waals surface area contributed by atoms with Crippen molar-refractivity contribution in [2.45, 2.75) is 26.3 Å². The third-order valence-electron chi connectivity index (χ3n) is 3.37. The van der Waals surface area contributed by atoms with Gasteiger partial charge in [-0.1, -0.05) is 18.5 Å². The molecule has 1 saturated heterocycles. The van der Waals surface area contributed by atoms with Crippen LogP contribution in [0.15, 0.2) is 27.3 Å². The Labute approximate surface area is 130 Å². The van der Waals surface area contributed by atoms with Crippen molar-refractivity contribution in [2.24, 2.45) is 0 Å². The fourth-order valence-corrected chi connectivity index (χ4v) is 2.16. The van der Waals surface area contributed by atoms with Gasteiger partial charge in [-0.2, -0.15) is 4.98 Å². The Morgan fingerprint density at radius 1 is 1.17 bits per heavy atom. The monoisotopic (exact) mass is 318 g/mol. The van der Waals surface area contributed by atoms with Crippen molar-refractivity contribution < 1.29 is 23.3 Å². The molecule has 3 heterocycles. The maximum Gasteiger partial charge on any atom is 0.334 e. The molecular weight excluding hydrogens is 304 g/mol. The molecule has 120 valence electrons. The van der Waals surface area contributed by atoms with Crippen LogP contribution in [0.4, 0.5) is 4.79 Å². The molecule has 0 spiro atoms. The number of furan rings is 1. The fraction of sp³-hybridized carbons (Fsp3) is 0.357. The van der Waals surface area contributed by atoms with Gasteiger partial charge in [0.25, 0.3) is 0 Å². The molecule has 2 aromatic heterocycles. The summed E-state index contributed by atoms with van der Waals surface area (Å²) in [6.07, 6.45) is 2.91. The Morgan fingerprint density at radius 2 is 1.96 bits per heavy atom. The van der Waals surface area contributed by atoms with Crippen molar-refractivity contribution in [3.63, 3.8) is 0 Å². The molecule has 0 saturated carbocycles. The van der Waals surface area contributed by atoms with Gasteiger partial charge in [0, 0.05) is 6.54 Å². The van der Waals surface area contributed by atoms with E-state index < -0.39 is 17.8 Å². The molecule has 0 unspecified atom stereocenters. The molecule has 1 fully saturated rings. The summed E-state index contributed by atoms with van der Waals surface area (Å²) in [4.78, 5) is 41.7. The SMILES string of the molecule is CCCCN1C(=O)C(=O)N(Cc2nc(-c3ccco3)no2)C1=O. The lowest BCUT2D eigenvalue weighted by atomic mass is 10.3. The Balaban J connectivity index is 1.74. The molecule has 0 atom stereocenters. The van der Waals surface area contributed by atoms with Gasteiger partial charge in [-0.3, -0.25) is 14.5 Å². The predicted molar refractivity (Wildman–Crippen MR) is 74.6 cm³/mol. The van der Waals surface area contributed by atoms with E-state index in [0.29, 0.717) is 12.2 Å². The van der Waals surface area contributed by atoms with Crippen molar-refractivity contribution in [3.8, 4) is 11.6 Å². The molecule has 4 amide bonds. The van der Waals surface area contributed by atoms with Gasteiger partial charge < -0.3 is 8.94 Å². The van der Waals surface area contributed by atoms with Crippen molar-refractivity contribution in [1.29, 1.82) is 0 Å². The summed E-state index contributed by atoms with van der Waals surface area (Å²) in [5, 5.41) is 3.71. The molecule has 0 N–H and O–H groups in total. The molecular formula is C14H14N4O5. The minimum Gasteiger partial charge on any atom is -0.461 e. The highest BCUT2D eigenvalue weighted by Crippen LogP contribution is 2.19. The Kier molecular flexibility index (Phi) is 3.92. The van der Waals surface area contributed by atoms with E-state index >= 15 is 0 Å². The third kappa shape index (κ3) is 2.72. The van der Waals surface area contributed by atoms with Gasteiger partial charge in [0.05, 0.1) is 6.26 Å². The molecule has 1 aliphatic heterocycles. The second-order valence-electron chi connectivity index (χ2n) is 4.97. The number of carbonyl (C=O) groups is 3. The number of nitrogens with zero attached hydrogens (tertiary/aromatic N) is 4. The topological polar surface area (TPSA) is 110 Å². The van der Waals surface area contributed by atoms with Gasteiger partial charge in [-0.25, -0.2) is 9.69 Å². The molecule has 1 aliphatic rings. The third-order valence-corrected chi connectivity index (χ3v) is 3.37. The van der Waals surface area contributed by atoms with Crippen LogP contribution >= 0.6 is 0 Å². The molecule has 9 nitrogen and oxygen atoms in total. The number of hydrogen-bond acceptors (Lipinski definition) is 7. The second kappa shape index (κ2) is 6.03. The van der Waals surface area contributed by atoms with Crippen LogP contribution in [0, 0.1) is 0 Å². The molecule has 23 heavy (non-hydrogen) atoms. The first-order chi connectivity index (χ1) is 11.1. The number of urea groups is 1. The number of amides is 4. The van der Waals surface area contributed by atoms with Gasteiger partial charge in [0.15, 0.2) is 5.76 Å². The van der Waals surface area contributed by atoms with E-state index in [0.717, 1.165) is 16.2 Å². The van der Waals surface area contributed by atoms with Gasteiger partial charge >= 0.3 is 17.8 Å². The quantitative estimate of drug-likeness (QED) is 0.585. The van der Waals surface area contributed by atoms with Crippen molar-refractivity contribution in [1.82, 2.24) is 19.9 Å². The Hall–Kier alpha value is -2.97. The molecule has 0 aromatic carbocycles. The van der Waals surface area contributed by atoms with Crippen LogP contribution in [-0.4, -0.2) is 44.3 Å². The molecule has 0 bridgehead atoms. The van der Waals surface area contributed by atoms with Gasteiger partial charge in [-0.05, 0) is 18.6 Å². The number of aromatic nitrogens is 2. The van der Waals surface area contributed by atoms with E-state index in [-0.39, 0.29) is 24.8 Å². The van der Waals surface area contributed by atoms with Crippen molar-refractivity contribution in [3.05, 3.63) is 24.3 Å². The highest BCUT2D eigenvalue weighted by Gasteiger charge is 2.44. The predicted octanol–water partition coefficient (Wildman–Crippen LogP) is 1.42. The van der Waals surface area contributed by atoms with Crippen LogP contribution in [0.5, 0.6) is 0 Å². The van der Waals surface area contributed by atoms with E-state index in [1.54, 1.807) is 12.1 Å². The van der Waals surface area contributed by atoms with E-state index in [1.807, 2.05) is 6.92 Å². The minimum atomic E-state index is -0.885. The zero-order valence-corrected chi connectivity index (χ0v) is 12.4. The highest BCUT2D eigenvalue weighted by atomic mass is 16.5. The number of hydrogen-bond donors (Lipinski definition) is 0. The maximum absolute atomic E-state index is 12.2. The molecule has 9 heteroatoms. The lowest BCUT2D eigenvalue weighted by molar-refractivity contribution is -0.143. The first kappa shape index (κ1) is 14.9. The zero-order valence-electron chi connectivity index (χ0n) is 12.4. The summed E-state index contributed by atoms with van der Waals surface area (Å²) in [5.41, 5.74) is 0. The lowest BCUT2D eigenvalue weighted by Gasteiger charge is -2.13. The first-order valence-electron chi connectivity index (χ1n) is 7.15. The maximum atomic E-state index is 12.2. The van der Waals surface area contributed by atoms with E-state index in [2.05, 4.69) is 10.1 Å². The molecule has 3 rings (SSSR count). The van der Waals surface area contributed by atoms with Crippen LogP contribution in [0.1, 0.15) is 25.7 Å². The van der Waals surface area contributed by atoms with E-state index in [9.17, 15) is 14.4 Å². The van der Waals surface area contributed by atoms with Gasteiger partial charge in [0.2, 0.25) is 11.7 Å². The lowest BCUT2D eigenvalue weighted by Crippen LogP contribution is -2.33. The minimum absolute atomic E-state index is 0.0447. The number of rotatable bonds is 6. The molecule has 0 radical (unpaired) electrons. The normalized spacial score (nSPS) is 15.1. The summed E-state index contributed by atoms with van der Waals surface area (Å²) in [6, 6.07) is 2.66. The standard InChI is InChI=1S/C14H14N4O5/c1-2-3-6-17-12(19)13(20)18(14(17)21)8-10-15-11(16-23-10)9-5-4-7-22-9/h4-5,7H,2-3,6,8H2,1H3. The molecule has 0 aliphatic carbocycles. The van der Waals surface area contributed by atoms with E-state index in [4.69, 9.17) is 8.94 Å². The van der Waals surface area contributed by atoms with E-state index in [1.165, 1.54) is 6.26 Å². The van der Waals surface area contributed by atoms with Crippen LogP contribution in [0.3, 0.4) is 0 Å². The van der Waals surface area contributed by atoms with Crippen LogP contribution in [0.25, 0.3) is 11.6 Å². The Bertz CT molecular complexity index is 736. The second-order valence-corrected chi connectivity index (χ2v) is 4.97. The zero-order chi connectivity index (χ0) is 16.4. The smallest absolute Gasteiger partial charge is 0.334 e. The largest absolute Gasteiger partial charge is 0.461 e. The fourth-order valence-electron chi connectivity index (χ4n) is 2.16. The summed E-state index contributed by atoms with van der Waals surface area (Å²) in [6.45, 7) is 1.90. The average molecular weight is 318 g/mol. The number of imide groups is 2. The van der Waals surface area contributed by atoms with Crippen LogP contribution < -0.4 is 0 Å². The van der Waals surface area contributed by atoms with Crippen molar-refractivity contribution >= 4 is 17.8 Å². The van der Waals surface area contributed by atoms with Gasteiger partial charge in [0.1, 0.15) is 6.54 Å². The Morgan fingerprint density at radius 3 is 2.65 bits per heavy atom. The number of carbonyl (C=O) groups excluding carboxylic acids is 3. The number of unbranched alkanes of at least 4 members (excludes halogenated alkanes) is 1.